The third-order valence-electron chi connectivity index (χ3n) is 2.52. The Hall–Kier alpha value is -1.44. The van der Waals surface area contributed by atoms with Gasteiger partial charge in [-0.25, -0.2) is 4.79 Å². The van der Waals surface area contributed by atoms with Crippen LogP contribution in [0.3, 0.4) is 0 Å². The third-order valence-corrected chi connectivity index (χ3v) is 5.04. The number of pyridine rings is 2. The summed E-state index contributed by atoms with van der Waals surface area (Å²) in [6, 6.07) is 5.46. The molecule has 0 saturated heterocycles. The largest absolute Gasteiger partial charge is 0.477 e. The summed E-state index contributed by atoms with van der Waals surface area (Å²) in [6.07, 6.45) is 3.45. The lowest BCUT2D eigenvalue weighted by Crippen LogP contribution is -1.90. The predicted molar refractivity (Wildman–Crippen MR) is 82.6 cm³/mol. The number of carboxylic acids is 1. The first kappa shape index (κ1) is 13.5. The Bertz CT molecular complexity index is 804. The maximum Gasteiger partial charge on any atom is 0.345 e. The van der Waals surface area contributed by atoms with Gasteiger partial charge in [0.15, 0.2) is 0 Å². The van der Waals surface area contributed by atoms with Crippen molar-refractivity contribution in [3.05, 3.63) is 45.3 Å². The van der Waals surface area contributed by atoms with Crippen molar-refractivity contribution in [1.29, 1.82) is 0 Å². The first-order chi connectivity index (χ1) is 9.63. The molecule has 100 valence electrons. The molecule has 0 aliphatic rings. The number of carbonyl (C=O) groups is 1. The Balaban J connectivity index is 1.99. The van der Waals surface area contributed by atoms with E-state index in [-0.39, 0.29) is 0 Å². The van der Waals surface area contributed by atoms with E-state index in [2.05, 4.69) is 25.9 Å². The van der Waals surface area contributed by atoms with Gasteiger partial charge < -0.3 is 5.11 Å². The fourth-order valence-corrected chi connectivity index (χ4v) is 3.83. The summed E-state index contributed by atoms with van der Waals surface area (Å²) in [5.41, 5.74) is 1.61. The number of thiophene rings is 1. The molecule has 7 heteroatoms. The molecule has 0 amide bonds. The van der Waals surface area contributed by atoms with Crippen LogP contribution >= 0.6 is 39.0 Å². The van der Waals surface area contributed by atoms with Crippen molar-refractivity contribution in [1.82, 2.24) is 9.97 Å². The average molecular weight is 367 g/mol. The van der Waals surface area contributed by atoms with E-state index in [4.69, 9.17) is 5.11 Å². The second-order valence-corrected chi connectivity index (χ2v) is 6.83. The van der Waals surface area contributed by atoms with Gasteiger partial charge >= 0.3 is 5.97 Å². The van der Waals surface area contributed by atoms with Crippen LogP contribution in [0.2, 0.25) is 0 Å². The van der Waals surface area contributed by atoms with Crippen LogP contribution in [0.4, 0.5) is 0 Å². The van der Waals surface area contributed by atoms with E-state index in [1.165, 1.54) is 23.1 Å². The Kier molecular flexibility index (Phi) is 3.73. The Morgan fingerprint density at radius 1 is 1.35 bits per heavy atom. The number of aromatic nitrogens is 2. The monoisotopic (exact) mass is 366 g/mol. The minimum absolute atomic E-state index is 0.335. The first-order valence-corrected chi connectivity index (χ1v) is 8.02. The number of carboxylic acid groups (broad SMARTS) is 1. The van der Waals surface area contributed by atoms with Gasteiger partial charge in [-0.2, -0.15) is 0 Å². The maximum absolute atomic E-state index is 10.9. The summed E-state index contributed by atoms with van der Waals surface area (Å²) in [6.45, 7) is 0. The minimum Gasteiger partial charge on any atom is -0.477 e. The van der Waals surface area contributed by atoms with E-state index < -0.39 is 5.97 Å². The summed E-state index contributed by atoms with van der Waals surface area (Å²) in [5.74, 6) is -0.900. The van der Waals surface area contributed by atoms with E-state index in [1.54, 1.807) is 18.5 Å². The summed E-state index contributed by atoms with van der Waals surface area (Å²) in [4.78, 5) is 21.7. The Morgan fingerprint density at radius 3 is 2.95 bits per heavy atom. The van der Waals surface area contributed by atoms with Crippen LogP contribution in [0.25, 0.3) is 11.0 Å². The fourth-order valence-electron chi connectivity index (χ4n) is 1.67. The molecule has 3 aromatic rings. The smallest absolute Gasteiger partial charge is 0.345 e. The molecule has 3 heterocycles. The van der Waals surface area contributed by atoms with E-state index in [1.807, 2.05) is 17.5 Å². The van der Waals surface area contributed by atoms with Crippen LogP contribution in [-0.4, -0.2) is 21.0 Å². The van der Waals surface area contributed by atoms with Gasteiger partial charge in [-0.3, -0.25) is 9.97 Å². The number of halogens is 1. The van der Waals surface area contributed by atoms with Crippen LogP contribution in [0, 0.1) is 0 Å². The Labute approximate surface area is 131 Å². The van der Waals surface area contributed by atoms with Crippen molar-refractivity contribution in [2.45, 2.75) is 9.79 Å². The van der Waals surface area contributed by atoms with Gasteiger partial charge in [-0.15, -0.1) is 11.3 Å². The fraction of sp³-hybridized carbons (Fsp3) is 0. The molecule has 0 saturated carbocycles. The van der Waals surface area contributed by atoms with Crippen molar-refractivity contribution >= 4 is 56.0 Å². The predicted octanol–water partition coefficient (Wildman–Crippen LogP) is 4.30. The molecule has 1 N–H and O–H groups in total. The lowest BCUT2D eigenvalue weighted by molar-refractivity contribution is 0.0702. The highest BCUT2D eigenvalue weighted by Crippen LogP contribution is 2.34. The first-order valence-electron chi connectivity index (χ1n) is 5.53. The molecule has 0 radical (unpaired) electrons. The molecule has 0 aromatic carbocycles. The summed E-state index contributed by atoms with van der Waals surface area (Å²) < 4.78 is 0.878. The van der Waals surface area contributed by atoms with Crippen LogP contribution in [0.1, 0.15) is 9.67 Å². The molecule has 3 rings (SSSR count). The molecule has 0 atom stereocenters. The van der Waals surface area contributed by atoms with Gasteiger partial charge in [0.1, 0.15) is 10.4 Å². The number of hydrogen-bond acceptors (Lipinski definition) is 5. The van der Waals surface area contributed by atoms with E-state index >= 15 is 0 Å². The third kappa shape index (κ3) is 2.70. The number of nitrogens with zero attached hydrogens (tertiary/aromatic N) is 2. The molecule has 0 unspecified atom stereocenters. The quantitative estimate of drug-likeness (QED) is 0.748. The van der Waals surface area contributed by atoms with E-state index in [0.29, 0.717) is 4.88 Å². The highest BCUT2D eigenvalue weighted by atomic mass is 79.9. The molecule has 4 nitrogen and oxygen atoms in total. The van der Waals surface area contributed by atoms with Gasteiger partial charge in [-0.05, 0) is 34.1 Å². The van der Waals surface area contributed by atoms with E-state index in [0.717, 1.165) is 25.3 Å². The van der Waals surface area contributed by atoms with Crippen molar-refractivity contribution in [2.24, 2.45) is 0 Å². The lowest BCUT2D eigenvalue weighted by atomic mass is 10.3. The van der Waals surface area contributed by atoms with Gasteiger partial charge in [0.05, 0.1) is 5.52 Å². The van der Waals surface area contributed by atoms with Crippen molar-refractivity contribution in [3.63, 3.8) is 0 Å². The van der Waals surface area contributed by atoms with Gasteiger partial charge in [0.2, 0.25) is 0 Å². The van der Waals surface area contributed by atoms with Crippen molar-refractivity contribution in [3.8, 4) is 0 Å². The zero-order valence-electron chi connectivity index (χ0n) is 9.91. The number of hydrogen-bond donors (Lipinski definition) is 1. The molecule has 0 bridgehead atoms. The highest BCUT2D eigenvalue weighted by Gasteiger charge is 2.10. The van der Waals surface area contributed by atoms with Gasteiger partial charge in [-0.1, -0.05) is 11.8 Å². The topological polar surface area (TPSA) is 63.1 Å². The minimum atomic E-state index is -0.900. The molecule has 0 aliphatic heterocycles. The van der Waals surface area contributed by atoms with Crippen LogP contribution in [0.5, 0.6) is 0 Å². The standard InChI is InChI=1S/C13H7BrN2O2S2/c14-7-3-9-12(16-5-7)10(1-2-15-9)20-8-4-11(13(17)18)19-6-8/h1-6H,(H,17,18). The van der Waals surface area contributed by atoms with Crippen LogP contribution in [0.15, 0.2) is 50.2 Å². The highest BCUT2D eigenvalue weighted by molar-refractivity contribution is 9.10. The van der Waals surface area contributed by atoms with Crippen molar-refractivity contribution in [2.75, 3.05) is 0 Å². The SMILES string of the molecule is O=C(O)c1cc(Sc2ccnc3cc(Br)cnc23)cs1. The number of fused-ring (bicyclic) bond motifs is 1. The summed E-state index contributed by atoms with van der Waals surface area (Å²) >= 11 is 6.08. The Morgan fingerprint density at radius 2 is 2.20 bits per heavy atom. The number of aromatic carboxylic acids is 1. The zero-order valence-corrected chi connectivity index (χ0v) is 13.1. The molecular weight excluding hydrogens is 360 g/mol. The lowest BCUT2D eigenvalue weighted by Gasteiger charge is -2.03. The molecule has 20 heavy (non-hydrogen) atoms. The molecule has 3 aromatic heterocycles. The summed E-state index contributed by atoms with van der Waals surface area (Å²) in [5, 5.41) is 10.8. The zero-order chi connectivity index (χ0) is 14.1. The second kappa shape index (κ2) is 5.51. The molecule has 0 fully saturated rings. The molecule has 0 spiro atoms. The average Bonchev–Trinajstić information content (AvgIpc) is 2.87. The summed E-state index contributed by atoms with van der Waals surface area (Å²) in [7, 11) is 0. The van der Waals surface area contributed by atoms with Crippen LogP contribution in [-0.2, 0) is 0 Å². The van der Waals surface area contributed by atoms with Crippen molar-refractivity contribution < 1.29 is 9.90 Å². The van der Waals surface area contributed by atoms with E-state index in [9.17, 15) is 4.79 Å². The second-order valence-electron chi connectivity index (χ2n) is 3.88. The van der Waals surface area contributed by atoms with Gasteiger partial charge in [0, 0.05) is 32.0 Å². The van der Waals surface area contributed by atoms with Gasteiger partial charge in [0.25, 0.3) is 0 Å². The van der Waals surface area contributed by atoms with Crippen LogP contribution < -0.4 is 0 Å². The molecule has 0 aliphatic carbocycles. The maximum atomic E-state index is 10.9. The number of rotatable bonds is 3. The normalized spacial score (nSPS) is 10.8. The molecular formula is C13H7BrN2O2S2.